The lowest BCUT2D eigenvalue weighted by Crippen LogP contribution is -2.33. The molecule has 0 atom stereocenters. The van der Waals surface area contributed by atoms with E-state index in [0.29, 0.717) is 6.07 Å². The van der Waals surface area contributed by atoms with Crippen molar-refractivity contribution in [3.8, 4) is 0 Å². The molecule has 1 aromatic carbocycles. The van der Waals surface area contributed by atoms with Crippen LogP contribution in [-0.2, 0) is 10.0 Å². The standard InChI is InChI=1S/C11H13ClFNO5S/c1-2-14(3-4-15)20(18,19)7-5-8(11(16)17)10(12)9(13)6-7/h5-6,15H,2-4H2,1H3,(H,16,17). The largest absolute Gasteiger partial charge is 0.478 e. The Morgan fingerprint density at radius 3 is 2.50 bits per heavy atom. The monoisotopic (exact) mass is 325 g/mol. The van der Waals surface area contributed by atoms with Gasteiger partial charge in [-0.25, -0.2) is 17.6 Å². The third kappa shape index (κ3) is 3.26. The maximum absolute atomic E-state index is 13.6. The molecule has 1 aromatic rings. The van der Waals surface area contributed by atoms with Gasteiger partial charge in [0.05, 0.1) is 22.1 Å². The molecule has 0 aliphatic rings. The van der Waals surface area contributed by atoms with Gasteiger partial charge in [-0.3, -0.25) is 0 Å². The first-order valence-electron chi connectivity index (χ1n) is 5.59. The van der Waals surface area contributed by atoms with Crippen LogP contribution in [0.3, 0.4) is 0 Å². The molecule has 0 heterocycles. The number of carboxylic acids is 1. The molecule has 0 aromatic heterocycles. The lowest BCUT2D eigenvalue weighted by atomic mass is 10.2. The zero-order valence-corrected chi connectivity index (χ0v) is 12.1. The average molecular weight is 326 g/mol. The number of aliphatic hydroxyl groups excluding tert-OH is 1. The molecule has 112 valence electrons. The zero-order valence-electron chi connectivity index (χ0n) is 10.5. The molecule has 0 bridgehead atoms. The number of hydrogen-bond acceptors (Lipinski definition) is 4. The normalized spacial score (nSPS) is 11.8. The number of hydrogen-bond donors (Lipinski definition) is 2. The molecule has 1 rings (SSSR count). The van der Waals surface area contributed by atoms with Gasteiger partial charge in [-0.2, -0.15) is 4.31 Å². The quantitative estimate of drug-likeness (QED) is 0.819. The molecule has 0 saturated heterocycles. The first-order valence-corrected chi connectivity index (χ1v) is 7.40. The van der Waals surface area contributed by atoms with E-state index in [2.05, 4.69) is 0 Å². The van der Waals surface area contributed by atoms with Crippen molar-refractivity contribution in [3.05, 3.63) is 28.5 Å². The molecule has 9 heteroatoms. The van der Waals surface area contributed by atoms with Crippen molar-refractivity contribution in [1.82, 2.24) is 4.31 Å². The summed E-state index contributed by atoms with van der Waals surface area (Å²) in [4.78, 5) is 10.4. The first-order chi connectivity index (χ1) is 9.25. The summed E-state index contributed by atoms with van der Waals surface area (Å²) < 4.78 is 38.9. The Kier molecular flexibility index (Phi) is 5.46. The highest BCUT2D eigenvalue weighted by molar-refractivity contribution is 7.89. The number of carbonyl (C=O) groups is 1. The Hall–Kier alpha value is -1.22. The minimum absolute atomic E-state index is 0.0511. The summed E-state index contributed by atoms with van der Waals surface area (Å²) in [5.74, 6) is -2.67. The summed E-state index contributed by atoms with van der Waals surface area (Å²) in [5, 5.41) is 17.1. The summed E-state index contributed by atoms with van der Waals surface area (Å²) in [7, 11) is -4.10. The SMILES string of the molecule is CCN(CCO)S(=O)(=O)c1cc(F)c(Cl)c(C(=O)O)c1. The van der Waals surface area contributed by atoms with Crippen LogP contribution in [0.5, 0.6) is 0 Å². The van der Waals surface area contributed by atoms with Gasteiger partial charge >= 0.3 is 5.97 Å². The predicted molar refractivity (Wildman–Crippen MR) is 69.9 cm³/mol. The van der Waals surface area contributed by atoms with Crippen LogP contribution in [-0.4, -0.2) is 48.6 Å². The summed E-state index contributed by atoms with van der Waals surface area (Å²) in [5.41, 5.74) is -0.634. The van der Waals surface area contributed by atoms with Crippen molar-refractivity contribution in [3.63, 3.8) is 0 Å². The Balaban J connectivity index is 3.43. The van der Waals surface area contributed by atoms with Gasteiger partial charge in [0, 0.05) is 13.1 Å². The summed E-state index contributed by atoms with van der Waals surface area (Å²) in [6.07, 6.45) is 0. The lowest BCUT2D eigenvalue weighted by Gasteiger charge is -2.19. The molecule has 0 saturated carbocycles. The van der Waals surface area contributed by atoms with E-state index in [1.54, 1.807) is 0 Å². The van der Waals surface area contributed by atoms with Crippen molar-refractivity contribution in [2.75, 3.05) is 19.7 Å². The number of sulfonamides is 1. The van der Waals surface area contributed by atoms with Gasteiger partial charge < -0.3 is 10.2 Å². The Bertz CT molecular complexity index is 619. The van der Waals surface area contributed by atoms with Gasteiger partial charge in [0.1, 0.15) is 5.82 Å². The van der Waals surface area contributed by atoms with E-state index >= 15 is 0 Å². The van der Waals surface area contributed by atoms with E-state index in [4.69, 9.17) is 21.8 Å². The fourth-order valence-electron chi connectivity index (χ4n) is 1.58. The molecule has 0 spiro atoms. The number of halogens is 2. The van der Waals surface area contributed by atoms with Crippen molar-refractivity contribution >= 4 is 27.6 Å². The number of rotatable bonds is 6. The molecule has 2 N–H and O–H groups in total. The third-order valence-electron chi connectivity index (χ3n) is 2.57. The maximum Gasteiger partial charge on any atom is 0.337 e. The highest BCUT2D eigenvalue weighted by Crippen LogP contribution is 2.26. The van der Waals surface area contributed by atoms with Crippen LogP contribution in [0.25, 0.3) is 0 Å². The number of aromatic carboxylic acids is 1. The van der Waals surface area contributed by atoms with Crippen molar-refractivity contribution < 1.29 is 27.8 Å². The second-order valence-electron chi connectivity index (χ2n) is 3.79. The van der Waals surface area contributed by atoms with E-state index in [1.165, 1.54) is 6.92 Å². The number of likely N-dealkylation sites (N-methyl/N-ethyl adjacent to an activating group) is 1. The molecule has 0 unspecified atom stereocenters. The minimum Gasteiger partial charge on any atom is -0.478 e. The van der Waals surface area contributed by atoms with Crippen molar-refractivity contribution in [2.45, 2.75) is 11.8 Å². The van der Waals surface area contributed by atoms with Crippen LogP contribution in [0.2, 0.25) is 5.02 Å². The highest BCUT2D eigenvalue weighted by Gasteiger charge is 2.26. The second-order valence-corrected chi connectivity index (χ2v) is 6.11. The van der Waals surface area contributed by atoms with Gasteiger partial charge in [-0.15, -0.1) is 0 Å². The predicted octanol–water partition coefficient (Wildman–Crippen LogP) is 1.18. The van der Waals surface area contributed by atoms with E-state index in [9.17, 15) is 17.6 Å². The maximum atomic E-state index is 13.6. The summed E-state index contributed by atoms with van der Waals surface area (Å²) in [6.45, 7) is 1.01. The number of carboxylic acid groups (broad SMARTS) is 1. The van der Waals surface area contributed by atoms with Gasteiger partial charge in [-0.1, -0.05) is 18.5 Å². The Morgan fingerprint density at radius 2 is 2.05 bits per heavy atom. The molecule has 0 radical (unpaired) electrons. The van der Waals surface area contributed by atoms with Gasteiger partial charge in [0.15, 0.2) is 0 Å². The number of nitrogens with zero attached hydrogens (tertiary/aromatic N) is 1. The molecule has 0 aliphatic heterocycles. The molecule has 6 nitrogen and oxygen atoms in total. The number of aliphatic hydroxyl groups is 1. The molecule has 20 heavy (non-hydrogen) atoms. The summed E-state index contributed by atoms with van der Waals surface area (Å²) >= 11 is 5.48. The van der Waals surface area contributed by atoms with Gasteiger partial charge in [0.2, 0.25) is 10.0 Å². The Morgan fingerprint density at radius 1 is 1.45 bits per heavy atom. The van der Waals surface area contributed by atoms with E-state index in [1.807, 2.05) is 0 Å². The van der Waals surface area contributed by atoms with Crippen LogP contribution >= 0.6 is 11.6 Å². The topological polar surface area (TPSA) is 94.9 Å². The van der Waals surface area contributed by atoms with Crippen LogP contribution < -0.4 is 0 Å². The van der Waals surface area contributed by atoms with Crippen molar-refractivity contribution in [1.29, 1.82) is 0 Å². The van der Waals surface area contributed by atoms with Crippen LogP contribution in [0.1, 0.15) is 17.3 Å². The smallest absolute Gasteiger partial charge is 0.337 e. The second kappa shape index (κ2) is 6.49. The fourth-order valence-corrected chi connectivity index (χ4v) is 3.25. The fraction of sp³-hybridized carbons (Fsp3) is 0.364. The molecule has 0 aliphatic carbocycles. The Labute approximate surface area is 120 Å². The van der Waals surface area contributed by atoms with Crippen LogP contribution in [0.15, 0.2) is 17.0 Å². The molecule has 0 fully saturated rings. The minimum atomic E-state index is -4.10. The summed E-state index contributed by atoms with van der Waals surface area (Å²) in [6, 6.07) is 1.45. The van der Waals surface area contributed by atoms with Crippen LogP contribution in [0.4, 0.5) is 4.39 Å². The molecular weight excluding hydrogens is 313 g/mol. The van der Waals surface area contributed by atoms with E-state index in [-0.39, 0.29) is 13.1 Å². The number of benzene rings is 1. The zero-order chi connectivity index (χ0) is 15.5. The average Bonchev–Trinajstić information content (AvgIpc) is 2.38. The van der Waals surface area contributed by atoms with E-state index < -0.39 is 43.9 Å². The lowest BCUT2D eigenvalue weighted by molar-refractivity contribution is 0.0696. The van der Waals surface area contributed by atoms with Gasteiger partial charge in [-0.05, 0) is 12.1 Å². The van der Waals surface area contributed by atoms with Gasteiger partial charge in [0.25, 0.3) is 0 Å². The first kappa shape index (κ1) is 16.8. The van der Waals surface area contributed by atoms with Crippen LogP contribution in [0, 0.1) is 5.82 Å². The highest BCUT2D eigenvalue weighted by atomic mass is 35.5. The molecule has 0 amide bonds. The third-order valence-corrected chi connectivity index (χ3v) is 4.91. The molecular formula is C11H13ClFNO5S. The van der Waals surface area contributed by atoms with E-state index in [0.717, 1.165) is 10.4 Å². The van der Waals surface area contributed by atoms with Crippen molar-refractivity contribution in [2.24, 2.45) is 0 Å².